The first-order valence-electron chi connectivity index (χ1n) is 9.81. The molecule has 0 aliphatic carbocycles. The number of anilines is 1. The third-order valence-corrected chi connectivity index (χ3v) is 5.94. The number of benzene rings is 2. The smallest absolute Gasteiger partial charge is 0.321 e. The molecule has 1 aromatic heterocycles. The van der Waals surface area contributed by atoms with Gasteiger partial charge in [0.15, 0.2) is 0 Å². The average Bonchev–Trinajstić information content (AvgIpc) is 3.21. The number of aromatic nitrogens is 2. The average molecular weight is 469 g/mol. The van der Waals surface area contributed by atoms with Crippen molar-refractivity contribution in [2.75, 3.05) is 18.4 Å². The number of aliphatic hydroxyl groups excluding tert-OH is 1. The highest BCUT2D eigenvalue weighted by molar-refractivity contribution is 6.32. The minimum Gasteiger partial charge on any atom is -0.382 e. The lowest BCUT2D eigenvalue weighted by Crippen LogP contribution is -2.38. The molecule has 0 saturated carbocycles. The van der Waals surface area contributed by atoms with E-state index >= 15 is 8.78 Å². The third kappa shape index (κ3) is 4.33. The SMILES string of the molecule is O=C(Nc1ccc(C(F)(F)C(O)c2cc(Cl)cc3cn[nH]c23)c(Cl)c1)N1CCCCC1. The Labute approximate surface area is 187 Å². The maximum Gasteiger partial charge on any atom is 0.321 e. The van der Waals surface area contributed by atoms with E-state index in [1.807, 2.05) is 0 Å². The summed E-state index contributed by atoms with van der Waals surface area (Å²) in [7, 11) is 0. The van der Waals surface area contributed by atoms with Crippen LogP contribution < -0.4 is 5.32 Å². The normalized spacial score (nSPS) is 15.8. The van der Waals surface area contributed by atoms with Crippen molar-refractivity contribution in [2.45, 2.75) is 31.3 Å². The number of likely N-dealkylation sites (tertiary alicyclic amines) is 1. The van der Waals surface area contributed by atoms with Gasteiger partial charge in [-0.3, -0.25) is 5.10 Å². The van der Waals surface area contributed by atoms with Gasteiger partial charge in [-0.05, 0) is 49.6 Å². The number of carbonyl (C=O) groups excluding carboxylic acids is 1. The van der Waals surface area contributed by atoms with Gasteiger partial charge in [0.25, 0.3) is 0 Å². The van der Waals surface area contributed by atoms with Crippen LogP contribution in [0.2, 0.25) is 10.0 Å². The second-order valence-electron chi connectivity index (χ2n) is 7.53. The van der Waals surface area contributed by atoms with Crippen LogP contribution in [-0.2, 0) is 5.92 Å². The van der Waals surface area contributed by atoms with Gasteiger partial charge in [-0.15, -0.1) is 0 Å². The van der Waals surface area contributed by atoms with Crippen LogP contribution in [0, 0.1) is 0 Å². The van der Waals surface area contributed by atoms with Gasteiger partial charge in [-0.1, -0.05) is 23.2 Å². The number of hydrogen-bond donors (Lipinski definition) is 3. The molecule has 2 aromatic carbocycles. The van der Waals surface area contributed by atoms with E-state index in [2.05, 4.69) is 15.5 Å². The molecule has 0 radical (unpaired) electrons. The van der Waals surface area contributed by atoms with Crippen molar-refractivity contribution in [1.29, 1.82) is 0 Å². The fraction of sp³-hybridized carbons (Fsp3) is 0.333. The minimum atomic E-state index is -3.73. The third-order valence-electron chi connectivity index (χ3n) is 5.40. The highest BCUT2D eigenvalue weighted by Gasteiger charge is 2.44. The molecular weight excluding hydrogens is 449 g/mol. The number of hydrogen-bond acceptors (Lipinski definition) is 3. The highest BCUT2D eigenvalue weighted by Crippen LogP contribution is 2.45. The first kappa shape index (κ1) is 21.8. The second kappa shape index (κ2) is 8.61. The summed E-state index contributed by atoms with van der Waals surface area (Å²) < 4.78 is 30.5. The van der Waals surface area contributed by atoms with Gasteiger partial charge in [-0.25, -0.2) is 4.79 Å². The Morgan fingerprint density at radius 1 is 1.19 bits per heavy atom. The first-order valence-corrected chi connectivity index (χ1v) is 10.6. The van der Waals surface area contributed by atoms with E-state index < -0.39 is 17.6 Å². The topological polar surface area (TPSA) is 81.2 Å². The second-order valence-corrected chi connectivity index (χ2v) is 8.37. The maximum atomic E-state index is 15.2. The number of piperidine rings is 1. The molecule has 2 heterocycles. The number of aliphatic hydroxyl groups is 1. The maximum absolute atomic E-state index is 15.2. The minimum absolute atomic E-state index is 0.0939. The summed E-state index contributed by atoms with van der Waals surface area (Å²) >= 11 is 12.2. The number of rotatable bonds is 4. The Balaban J connectivity index is 1.59. The zero-order chi connectivity index (χ0) is 22.2. The van der Waals surface area contributed by atoms with Gasteiger partial charge in [0.1, 0.15) is 6.10 Å². The molecule has 1 aliphatic rings. The zero-order valence-electron chi connectivity index (χ0n) is 16.3. The summed E-state index contributed by atoms with van der Waals surface area (Å²) in [5.41, 5.74) is -0.0970. The molecule has 10 heteroatoms. The number of nitrogens with zero attached hydrogens (tertiary/aromatic N) is 2. The first-order chi connectivity index (χ1) is 14.8. The van der Waals surface area contributed by atoms with Crippen LogP contribution in [0.5, 0.6) is 0 Å². The number of carbonyl (C=O) groups is 1. The van der Waals surface area contributed by atoms with E-state index in [0.29, 0.717) is 24.2 Å². The molecule has 6 nitrogen and oxygen atoms in total. The Morgan fingerprint density at radius 3 is 2.65 bits per heavy atom. The van der Waals surface area contributed by atoms with Crippen LogP contribution in [0.1, 0.15) is 36.5 Å². The number of aromatic amines is 1. The lowest BCUT2D eigenvalue weighted by molar-refractivity contribution is -0.117. The van der Waals surface area contributed by atoms with E-state index in [9.17, 15) is 9.90 Å². The van der Waals surface area contributed by atoms with Crippen molar-refractivity contribution in [3.05, 3.63) is 57.7 Å². The van der Waals surface area contributed by atoms with Crippen LogP contribution >= 0.6 is 23.2 Å². The molecule has 1 fully saturated rings. The van der Waals surface area contributed by atoms with Crippen LogP contribution in [-0.4, -0.2) is 39.3 Å². The monoisotopic (exact) mass is 468 g/mol. The van der Waals surface area contributed by atoms with E-state index in [-0.39, 0.29) is 27.2 Å². The Kier molecular flexibility index (Phi) is 6.05. The van der Waals surface area contributed by atoms with Crippen molar-refractivity contribution < 1.29 is 18.7 Å². The van der Waals surface area contributed by atoms with Gasteiger partial charge >= 0.3 is 12.0 Å². The quantitative estimate of drug-likeness (QED) is 0.458. The summed E-state index contributed by atoms with van der Waals surface area (Å²) in [6.45, 7) is 1.31. The molecule has 1 saturated heterocycles. The van der Waals surface area contributed by atoms with Gasteiger partial charge in [0.05, 0.1) is 16.7 Å². The predicted octanol–water partition coefficient (Wildman–Crippen LogP) is 5.71. The van der Waals surface area contributed by atoms with E-state index in [1.165, 1.54) is 24.4 Å². The Hall–Kier alpha value is -2.42. The van der Waals surface area contributed by atoms with Gasteiger partial charge in [0.2, 0.25) is 0 Å². The molecular formula is C21H20Cl2F2N4O2. The van der Waals surface area contributed by atoms with E-state index in [1.54, 1.807) is 11.0 Å². The van der Waals surface area contributed by atoms with Crippen molar-refractivity contribution in [1.82, 2.24) is 15.1 Å². The fourth-order valence-corrected chi connectivity index (χ4v) is 4.31. The number of amides is 2. The Bertz CT molecular complexity index is 1120. The van der Waals surface area contributed by atoms with Gasteiger partial charge in [-0.2, -0.15) is 13.9 Å². The number of urea groups is 1. The Morgan fingerprint density at radius 2 is 1.94 bits per heavy atom. The van der Waals surface area contributed by atoms with Crippen molar-refractivity contribution in [2.24, 2.45) is 0 Å². The lowest BCUT2D eigenvalue weighted by atomic mass is 9.95. The molecule has 0 spiro atoms. The number of H-pyrrole nitrogens is 1. The highest BCUT2D eigenvalue weighted by atomic mass is 35.5. The largest absolute Gasteiger partial charge is 0.382 e. The number of fused-ring (bicyclic) bond motifs is 1. The van der Waals surface area contributed by atoms with Crippen LogP contribution in [0.4, 0.5) is 19.3 Å². The number of nitrogens with one attached hydrogen (secondary N) is 2. The predicted molar refractivity (Wildman–Crippen MR) is 116 cm³/mol. The van der Waals surface area contributed by atoms with Crippen LogP contribution in [0.25, 0.3) is 10.9 Å². The van der Waals surface area contributed by atoms with Gasteiger partial charge < -0.3 is 15.3 Å². The summed E-state index contributed by atoms with van der Waals surface area (Å²) in [5, 5.41) is 20.1. The number of alkyl halides is 2. The van der Waals surface area contributed by atoms with Gasteiger partial charge in [0, 0.05) is 40.3 Å². The number of halogens is 4. The molecule has 3 aromatic rings. The molecule has 3 N–H and O–H groups in total. The van der Waals surface area contributed by atoms with Crippen molar-refractivity contribution in [3.63, 3.8) is 0 Å². The molecule has 1 unspecified atom stereocenters. The molecule has 164 valence electrons. The fourth-order valence-electron chi connectivity index (χ4n) is 3.77. The lowest BCUT2D eigenvalue weighted by Gasteiger charge is -2.27. The standard InChI is InChI=1S/C21H20Cl2F2N4O2/c22-13-8-12-11-26-28-18(12)15(9-13)19(30)21(24,25)16-5-4-14(10-17(16)23)27-20(31)29-6-2-1-3-7-29/h4-5,8-11,19,30H,1-3,6-7H2,(H,26,28)(H,27,31). The molecule has 1 atom stereocenters. The molecule has 2 amide bonds. The summed E-state index contributed by atoms with van der Waals surface area (Å²) in [6, 6.07) is 6.22. The summed E-state index contributed by atoms with van der Waals surface area (Å²) in [6.07, 6.45) is 2.16. The van der Waals surface area contributed by atoms with Crippen LogP contribution in [0.15, 0.2) is 36.5 Å². The summed E-state index contributed by atoms with van der Waals surface area (Å²) in [4.78, 5) is 14.0. The van der Waals surface area contributed by atoms with Crippen molar-refractivity contribution >= 4 is 45.8 Å². The molecule has 31 heavy (non-hydrogen) atoms. The van der Waals surface area contributed by atoms with E-state index in [0.717, 1.165) is 25.3 Å². The summed E-state index contributed by atoms with van der Waals surface area (Å²) in [5.74, 6) is -3.73. The molecule has 0 bridgehead atoms. The van der Waals surface area contributed by atoms with Crippen LogP contribution in [0.3, 0.4) is 0 Å². The van der Waals surface area contributed by atoms with Crippen molar-refractivity contribution in [3.8, 4) is 0 Å². The zero-order valence-corrected chi connectivity index (χ0v) is 17.9. The molecule has 4 rings (SSSR count). The van der Waals surface area contributed by atoms with E-state index in [4.69, 9.17) is 23.2 Å². The molecule has 1 aliphatic heterocycles.